The lowest BCUT2D eigenvalue weighted by Crippen LogP contribution is -2.67. The fourth-order valence-electron chi connectivity index (χ4n) is 17.4. The Kier molecular flexibility index (Phi) is 21.1. The second kappa shape index (κ2) is 26.9. The number of methoxy groups -OCH3 is 1. The molecule has 32 nitrogen and oxygen atoms in total. The predicted molar refractivity (Wildman–Crippen MR) is 305 cm³/mol. The maximum atomic E-state index is 15.2. The Bertz CT molecular complexity index is 2900. The molecular weight excluding hydrogens is 1260 g/mol. The molecule has 0 bridgehead atoms. The first-order chi connectivity index (χ1) is 43.4. The Morgan fingerprint density at radius 3 is 1.91 bits per heavy atom. The summed E-state index contributed by atoms with van der Waals surface area (Å²) >= 11 is 0. The fourth-order valence-corrected chi connectivity index (χ4v) is 17.7. The number of carbonyl (C=O) groups excluding carboxylic acids is 3. The third kappa shape index (κ3) is 12.8. The van der Waals surface area contributed by atoms with Crippen LogP contribution in [0.2, 0.25) is 0 Å². The molecule has 13 N–H and O–H groups in total. The van der Waals surface area contributed by atoms with E-state index < -0.39 is 217 Å². The lowest BCUT2D eigenvalue weighted by atomic mass is 9.43. The standard InChI is InChI=1S/C60H92O32S/c1-22(2)16-24(62)18-59(8)30-11-14-58(7)33-25(10-15-60(30,58)55(76)92-59)57(6)13-12-32(56(4,5)31(57)17-26(33)63)87-54-48(36(66)28(20-81-54)85-51-39(69)37(67)34(64)29(86-51)21-82-93(77,78)79)91-50-40(70)38(68)44(23(3)83-50)88-52-43(73)46(35(65)27(19-61)84-52)89-53-42(72)45(80-9)41(71)47(90-53)49(74)75/h22-23,27-32,34-48,50-54,61,64-73H,10-21H2,1-9H3,(H,74,75)(H,77,78,79)/t23-,27-,28-,29-,30+,31+,32+,34-,35-,36+,37+,38-,39-,40-,41+,42-,43-,44-,45+,46+,47+,48-,50+,51-,52+,53-,54+,57-,58+,59+,60+/m1/s1. The Morgan fingerprint density at radius 2 is 1.27 bits per heavy atom. The van der Waals surface area contributed by atoms with E-state index in [1.54, 1.807) is 0 Å². The molecule has 8 fully saturated rings. The van der Waals surface area contributed by atoms with Gasteiger partial charge >= 0.3 is 22.3 Å². The van der Waals surface area contributed by atoms with Gasteiger partial charge in [-0.05, 0) is 75.0 Å². The van der Waals surface area contributed by atoms with E-state index in [1.807, 2.05) is 41.5 Å². The molecule has 10 aliphatic rings. The van der Waals surface area contributed by atoms with Crippen molar-refractivity contribution < 1.29 is 154 Å². The van der Waals surface area contributed by atoms with Crippen LogP contribution in [0, 0.1) is 39.4 Å². The minimum absolute atomic E-state index is 0.0119. The molecule has 0 radical (unpaired) electrons. The third-order valence-corrected chi connectivity index (χ3v) is 22.6. The van der Waals surface area contributed by atoms with Gasteiger partial charge in [-0.2, -0.15) is 8.42 Å². The molecule has 33 heteroatoms. The Hall–Kier alpha value is -2.99. The molecule has 6 saturated heterocycles. The second-order valence-corrected chi connectivity index (χ2v) is 29.7. The highest BCUT2D eigenvalue weighted by atomic mass is 32.3. The summed E-state index contributed by atoms with van der Waals surface area (Å²) < 4.78 is 108. The number of ketones is 2. The number of hydrogen-bond donors (Lipinski definition) is 13. The predicted octanol–water partition coefficient (Wildman–Crippen LogP) is -3.06. The van der Waals surface area contributed by atoms with E-state index in [2.05, 4.69) is 11.1 Å². The zero-order valence-corrected chi connectivity index (χ0v) is 53.9. The average molecular weight is 1360 g/mol. The van der Waals surface area contributed by atoms with Gasteiger partial charge in [0.15, 0.2) is 43.3 Å². The summed E-state index contributed by atoms with van der Waals surface area (Å²) in [5.41, 5.74) is -2.80. The largest absolute Gasteiger partial charge is 0.479 e. The number of ether oxygens (including phenoxy) is 12. The van der Waals surface area contributed by atoms with Crippen LogP contribution in [0.3, 0.4) is 0 Å². The topological polar surface area (TPSA) is 485 Å². The number of aliphatic hydroxyl groups is 11. The summed E-state index contributed by atoms with van der Waals surface area (Å²) in [6.07, 6.45) is -42.6. The van der Waals surface area contributed by atoms with Crippen molar-refractivity contribution in [2.45, 2.75) is 272 Å². The molecule has 6 aliphatic heterocycles. The number of allylic oxidation sites excluding steroid dienone is 2. The number of rotatable bonds is 20. The molecule has 4 aliphatic carbocycles. The molecule has 93 heavy (non-hydrogen) atoms. The first kappa shape index (κ1) is 72.7. The Labute approximate surface area is 536 Å². The van der Waals surface area contributed by atoms with Gasteiger partial charge in [0.2, 0.25) is 0 Å². The number of hydrogen-bond acceptors (Lipinski definition) is 30. The van der Waals surface area contributed by atoms with Crippen LogP contribution < -0.4 is 0 Å². The summed E-state index contributed by atoms with van der Waals surface area (Å²) in [4.78, 5) is 55.0. The number of carboxylic acids is 1. The van der Waals surface area contributed by atoms with Crippen LogP contribution in [0.15, 0.2) is 11.1 Å². The number of Topliss-reactive ketones (excluding diaryl/α,β-unsaturated/α-hetero) is 2. The molecule has 0 aromatic heterocycles. The number of fused-ring (bicyclic) bond motifs is 3. The lowest BCUT2D eigenvalue weighted by molar-refractivity contribution is -0.393. The van der Waals surface area contributed by atoms with Crippen LogP contribution in [0.4, 0.5) is 0 Å². The van der Waals surface area contributed by atoms with E-state index in [0.717, 1.165) is 12.7 Å². The molecule has 1 spiro atoms. The molecule has 530 valence electrons. The van der Waals surface area contributed by atoms with Crippen molar-refractivity contribution in [3.8, 4) is 0 Å². The van der Waals surface area contributed by atoms with Gasteiger partial charge in [0.25, 0.3) is 0 Å². The highest BCUT2D eigenvalue weighted by molar-refractivity contribution is 7.80. The number of carbonyl (C=O) groups is 4. The van der Waals surface area contributed by atoms with E-state index in [4.69, 9.17) is 56.8 Å². The van der Waals surface area contributed by atoms with Crippen molar-refractivity contribution in [3.05, 3.63) is 11.1 Å². The summed E-state index contributed by atoms with van der Waals surface area (Å²) in [6, 6.07) is 0. The van der Waals surface area contributed by atoms with Crippen molar-refractivity contribution in [3.63, 3.8) is 0 Å². The number of esters is 1. The fraction of sp³-hybridized carbons (Fsp3) is 0.900. The van der Waals surface area contributed by atoms with Crippen LogP contribution in [0.1, 0.15) is 113 Å². The molecule has 0 amide bonds. The molecule has 6 heterocycles. The average Bonchev–Trinajstić information content (AvgIpc) is 1.55. The van der Waals surface area contributed by atoms with Crippen molar-refractivity contribution in [2.24, 2.45) is 39.4 Å². The first-order valence-corrected chi connectivity index (χ1v) is 33.1. The van der Waals surface area contributed by atoms with Crippen LogP contribution in [0.25, 0.3) is 0 Å². The molecule has 0 aromatic carbocycles. The maximum absolute atomic E-state index is 15.2. The molecule has 0 unspecified atom stereocenters. The van der Waals surface area contributed by atoms with Gasteiger partial charge in [-0.25, -0.2) is 8.98 Å². The van der Waals surface area contributed by atoms with E-state index in [1.165, 1.54) is 6.92 Å². The normalized spacial score (nSPS) is 49.2. The number of aliphatic carboxylic acids is 1. The first-order valence-electron chi connectivity index (χ1n) is 31.7. The van der Waals surface area contributed by atoms with Crippen molar-refractivity contribution in [2.75, 3.05) is 26.9 Å². The van der Waals surface area contributed by atoms with Gasteiger partial charge in [-0.3, -0.25) is 18.9 Å². The quantitative estimate of drug-likeness (QED) is 0.0425. The molecule has 0 aromatic rings. The van der Waals surface area contributed by atoms with E-state index in [9.17, 15) is 88.6 Å². The van der Waals surface area contributed by atoms with Crippen LogP contribution in [-0.2, 0) is 90.6 Å². The van der Waals surface area contributed by atoms with Crippen LogP contribution >= 0.6 is 0 Å². The SMILES string of the molecule is CO[C@@H]1[C@@H](O)[C@H](O[C@@H]2[C@@H](O)[C@H](O[C@H]3[C@H](O)[C@@H](O)[C@H](O[C@H]4[C@H](O[C@H]5CC[C@]6(C)C7=C(C(=O)C[C@H]6C5(C)C)[C@]5(C)CC[C@H]6[C@](C)(CC(=O)CC(C)C)OC(=O)[C@]65CC7)OC[C@@H](O[C@@H]5O[C@H](COS(=O)(=O)O)[C@@H](O)[C@H](O)[C@H]5O)[C@@H]4O)O[C@@H]3C)O[C@H](CO)[C@H]2O)O[C@H](C(=O)O)[C@H]1O. The number of cyclic esters (lactones) is 1. The maximum Gasteiger partial charge on any atom is 0.397 e. The van der Waals surface area contributed by atoms with Gasteiger partial charge in [-0.1, -0.05) is 47.1 Å². The lowest BCUT2D eigenvalue weighted by Gasteiger charge is -2.61. The highest BCUT2D eigenvalue weighted by Gasteiger charge is 2.76. The van der Waals surface area contributed by atoms with E-state index in [0.29, 0.717) is 50.5 Å². The highest BCUT2D eigenvalue weighted by Crippen LogP contribution is 2.75. The Balaban J connectivity index is 0.888. The zero-order valence-electron chi connectivity index (χ0n) is 53.1. The number of carboxylic acid groups (broad SMARTS) is 1. The van der Waals surface area contributed by atoms with Crippen molar-refractivity contribution in [1.29, 1.82) is 0 Å². The minimum Gasteiger partial charge on any atom is -0.479 e. The summed E-state index contributed by atoms with van der Waals surface area (Å²) in [5, 5.41) is 133. The molecule has 10 rings (SSSR count). The second-order valence-electron chi connectivity index (χ2n) is 28.6. The minimum atomic E-state index is -5.11. The van der Waals surface area contributed by atoms with Crippen molar-refractivity contribution in [1.82, 2.24) is 0 Å². The van der Waals surface area contributed by atoms with Crippen molar-refractivity contribution >= 4 is 33.9 Å². The van der Waals surface area contributed by atoms with Gasteiger partial charge in [0, 0.05) is 43.3 Å². The Morgan fingerprint density at radius 1 is 0.656 bits per heavy atom. The van der Waals surface area contributed by atoms with Gasteiger partial charge in [0.1, 0.15) is 115 Å². The zero-order chi connectivity index (χ0) is 68.3. The monoisotopic (exact) mass is 1360 g/mol. The van der Waals surface area contributed by atoms with Crippen LogP contribution in [-0.4, -0.2) is 284 Å². The summed E-state index contributed by atoms with van der Waals surface area (Å²) in [7, 11) is -4.05. The van der Waals surface area contributed by atoms with Crippen LogP contribution in [0.5, 0.6) is 0 Å². The number of aliphatic hydroxyl groups excluding tert-OH is 11. The smallest absolute Gasteiger partial charge is 0.397 e. The molecule has 31 atom stereocenters. The van der Waals surface area contributed by atoms with Gasteiger partial charge in [0.05, 0.1) is 37.4 Å². The summed E-state index contributed by atoms with van der Waals surface area (Å²) in [5.74, 6) is -2.72. The third-order valence-electron chi connectivity index (χ3n) is 22.1. The van der Waals surface area contributed by atoms with E-state index >= 15 is 4.79 Å². The summed E-state index contributed by atoms with van der Waals surface area (Å²) in [6.45, 7) is 12.5. The molecular formula is C60H92O32S. The van der Waals surface area contributed by atoms with Gasteiger partial charge < -0.3 is 118 Å². The van der Waals surface area contributed by atoms with E-state index in [-0.39, 0.29) is 48.1 Å². The van der Waals surface area contributed by atoms with Gasteiger partial charge in [-0.15, -0.1) is 0 Å². The molecule has 2 saturated carbocycles.